The van der Waals surface area contributed by atoms with Gasteiger partial charge in [-0.15, -0.1) is 11.8 Å². The first-order valence-electron chi connectivity index (χ1n) is 10.9. The number of thioether (sulfide) groups is 1. The third kappa shape index (κ3) is 9.01. The molecule has 0 aliphatic heterocycles. The summed E-state index contributed by atoms with van der Waals surface area (Å²) in [4.78, 5) is 1.30. The molecule has 1 aromatic heterocycles. The molecule has 5 heteroatoms. The summed E-state index contributed by atoms with van der Waals surface area (Å²) in [5.41, 5.74) is 1.07. The molecule has 27 heavy (non-hydrogen) atoms. The van der Waals surface area contributed by atoms with Crippen molar-refractivity contribution in [3.63, 3.8) is 0 Å². The van der Waals surface area contributed by atoms with Gasteiger partial charge in [0.2, 0.25) is 0 Å². The van der Waals surface area contributed by atoms with E-state index < -0.39 is 0 Å². The Bertz CT molecular complexity index is 483. The first-order valence-corrected chi connectivity index (χ1v) is 11.8. The largest absolute Gasteiger partial charge is 0.400 e. The second-order valence-electron chi connectivity index (χ2n) is 7.98. The van der Waals surface area contributed by atoms with Gasteiger partial charge in [0.25, 0.3) is 0 Å². The summed E-state index contributed by atoms with van der Waals surface area (Å²) in [5.74, 6) is 1.70. The lowest BCUT2D eigenvalue weighted by Crippen LogP contribution is -2.33. The Labute approximate surface area is 171 Å². The quantitative estimate of drug-likeness (QED) is 0.368. The van der Waals surface area contributed by atoms with Crippen molar-refractivity contribution in [2.45, 2.75) is 115 Å². The molecule has 1 aliphatic carbocycles. The highest BCUT2D eigenvalue weighted by molar-refractivity contribution is 8.00. The summed E-state index contributed by atoms with van der Waals surface area (Å²) in [6.45, 7) is 9.80. The average molecular weight is 399 g/mol. The number of unbranched alkanes of at least 4 members (excludes halogenated alkanes) is 2. The Morgan fingerprint density at radius 3 is 2.41 bits per heavy atom. The van der Waals surface area contributed by atoms with Gasteiger partial charge in [-0.1, -0.05) is 70.9 Å². The Morgan fingerprint density at radius 1 is 1.15 bits per heavy atom. The molecule has 0 spiro atoms. The van der Waals surface area contributed by atoms with E-state index in [0.717, 1.165) is 30.4 Å². The molecular formula is C22H42N2O2S. The van der Waals surface area contributed by atoms with Crippen molar-refractivity contribution >= 4 is 11.8 Å². The van der Waals surface area contributed by atoms with Crippen LogP contribution in [-0.4, -0.2) is 28.7 Å². The molecule has 2 N–H and O–H groups in total. The zero-order valence-corrected chi connectivity index (χ0v) is 19.0. The van der Waals surface area contributed by atoms with E-state index in [1.54, 1.807) is 0 Å². The SMILES string of the molecule is CCCCC[C@@H](NCc1onc(C)c1SC1CCCCCC1)C(C)C.CO. The maximum absolute atomic E-state index is 7.00. The Balaban J connectivity index is 0.00000176. The van der Waals surface area contributed by atoms with Gasteiger partial charge < -0.3 is 14.9 Å². The summed E-state index contributed by atoms with van der Waals surface area (Å²) >= 11 is 2.02. The number of nitrogens with zero attached hydrogens (tertiary/aromatic N) is 1. The van der Waals surface area contributed by atoms with Crippen LogP contribution in [0.4, 0.5) is 0 Å². The number of hydrogen-bond acceptors (Lipinski definition) is 5. The van der Waals surface area contributed by atoms with Crippen LogP contribution in [0, 0.1) is 12.8 Å². The molecule has 1 fully saturated rings. The zero-order valence-electron chi connectivity index (χ0n) is 18.2. The molecule has 0 unspecified atom stereocenters. The van der Waals surface area contributed by atoms with E-state index in [2.05, 4.69) is 38.2 Å². The lowest BCUT2D eigenvalue weighted by Gasteiger charge is -2.22. The Morgan fingerprint density at radius 2 is 1.81 bits per heavy atom. The van der Waals surface area contributed by atoms with Crippen LogP contribution in [0.3, 0.4) is 0 Å². The summed E-state index contributed by atoms with van der Waals surface area (Å²) in [7, 11) is 1.00. The molecule has 1 atom stereocenters. The molecule has 0 amide bonds. The predicted octanol–water partition coefficient (Wildman–Crippen LogP) is 6.10. The fraction of sp³-hybridized carbons (Fsp3) is 0.864. The molecule has 0 saturated heterocycles. The molecule has 2 rings (SSSR count). The van der Waals surface area contributed by atoms with Crippen LogP contribution in [0.2, 0.25) is 0 Å². The lowest BCUT2D eigenvalue weighted by molar-refractivity contribution is 0.321. The van der Waals surface area contributed by atoms with Gasteiger partial charge in [-0.2, -0.15) is 0 Å². The maximum atomic E-state index is 7.00. The Kier molecular flexibility index (Phi) is 13.1. The molecule has 0 bridgehead atoms. The van der Waals surface area contributed by atoms with Crippen molar-refractivity contribution in [1.82, 2.24) is 10.5 Å². The van der Waals surface area contributed by atoms with Gasteiger partial charge in [-0.25, -0.2) is 0 Å². The number of aryl methyl sites for hydroxylation is 1. The Hall–Kier alpha value is -0.520. The van der Waals surface area contributed by atoms with Crippen LogP contribution in [0.1, 0.15) is 96.4 Å². The third-order valence-corrected chi connectivity index (χ3v) is 6.97. The normalized spacial score (nSPS) is 16.7. The minimum atomic E-state index is 0.563. The highest BCUT2D eigenvalue weighted by atomic mass is 32.2. The average Bonchev–Trinajstić information content (AvgIpc) is 2.86. The smallest absolute Gasteiger partial charge is 0.164 e. The molecule has 0 aromatic carbocycles. The van der Waals surface area contributed by atoms with E-state index in [-0.39, 0.29) is 0 Å². The number of hydrogen-bond donors (Lipinski definition) is 2. The number of aliphatic hydroxyl groups is 1. The van der Waals surface area contributed by atoms with Crippen molar-refractivity contribution in [2.24, 2.45) is 5.92 Å². The summed E-state index contributed by atoms with van der Waals surface area (Å²) < 4.78 is 5.69. The number of aliphatic hydroxyl groups excluding tert-OH is 1. The highest BCUT2D eigenvalue weighted by Gasteiger charge is 2.21. The maximum Gasteiger partial charge on any atom is 0.164 e. The molecule has 1 saturated carbocycles. The van der Waals surface area contributed by atoms with Gasteiger partial charge >= 0.3 is 0 Å². The van der Waals surface area contributed by atoms with Crippen LogP contribution in [-0.2, 0) is 6.54 Å². The van der Waals surface area contributed by atoms with Crippen molar-refractivity contribution in [2.75, 3.05) is 7.11 Å². The van der Waals surface area contributed by atoms with E-state index in [0.29, 0.717) is 12.0 Å². The molecule has 4 nitrogen and oxygen atoms in total. The van der Waals surface area contributed by atoms with Crippen molar-refractivity contribution < 1.29 is 9.63 Å². The predicted molar refractivity (Wildman–Crippen MR) is 116 cm³/mol. The zero-order chi connectivity index (χ0) is 20.1. The van der Waals surface area contributed by atoms with Gasteiger partial charge in [-0.3, -0.25) is 0 Å². The van der Waals surface area contributed by atoms with Crippen LogP contribution in [0.25, 0.3) is 0 Å². The van der Waals surface area contributed by atoms with Crippen molar-refractivity contribution in [1.29, 1.82) is 0 Å². The minimum absolute atomic E-state index is 0.563. The summed E-state index contributed by atoms with van der Waals surface area (Å²) in [6.07, 6.45) is 13.4. The van der Waals surface area contributed by atoms with E-state index in [9.17, 15) is 0 Å². The molecular weight excluding hydrogens is 356 g/mol. The number of rotatable bonds is 10. The van der Waals surface area contributed by atoms with Crippen LogP contribution < -0.4 is 5.32 Å². The second kappa shape index (κ2) is 14.5. The van der Waals surface area contributed by atoms with Gasteiger partial charge in [0.05, 0.1) is 17.1 Å². The van der Waals surface area contributed by atoms with E-state index >= 15 is 0 Å². The van der Waals surface area contributed by atoms with E-state index in [4.69, 9.17) is 9.63 Å². The van der Waals surface area contributed by atoms with E-state index in [1.807, 2.05) is 11.8 Å². The fourth-order valence-corrected chi connectivity index (χ4v) is 5.06. The van der Waals surface area contributed by atoms with Crippen LogP contribution in [0.15, 0.2) is 9.42 Å². The van der Waals surface area contributed by atoms with Crippen LogP contribution >= 0.6 is 11.8 Å². The first kappa shape index (κ1) is 24.5. The van der Waals surface area contributed by atoms with Gasteiger partial charge in [-0.05, 0) is 32.1 Å². The number of aromatic nitrogens is 1. The molecule has 0 radical (unpaired) electrons. The molecule has 1 heterocycles. The molecule has 158 valence electrons. The summed E-state index contributed by atoms with van der Waals surface area (Å²) in [6, 6.07) is 0.563. The van der Waals surface area contributed by atoms with Gasteiger partial charge in [0.1, 0.15) is 0 Å². The first-order chi connectivity index (χ1) is 13.1. The van der Waals surface area contributed by atoms with Crippen LogP contribution in [0.5, 0.6) is 0 Å². The summed E-state index contributed by atoms with van der Waals surface area (Å²) in [5, 5.41) is 15.8. The van der Waals surface area contributed by atoms with Crippen molar-refractivity contribution in [3.05, 3.63) is 11.5 Å². The standard InChI is InChI=1S/C21H38N2OS.CH4O/c1-5-6-9-14-19(16(2)3)22-15-20-21(17(4)23-24-20)25-18-12-10-7-8-11-13-18;1-2/h16,18-19,22H,5-15H2,1-4H3;2H,1H3/t19-;/m1./s1. The molecule has 1 aliphatic rings. The third-order valence-electron chi connectivity index (χ3n) is 5.41. The second-order valence-corrected chi connectivity index (χ2v) is 9.29. The molecule has 1 aromatic rings. The highest BCUT2D eigenvalue weighted by Crippen LogP contribution is 2.36. The monoisotopic (exact) mass is 398 g/mol. The van der Waals surface area contributed by atoms with Gasteiger partial charge in [0.15, 0.2) is 5.76 Å². The van der Waals surface area contributed by atoms with E-state index in [1.165, 1.54) is 69.1 Å². The lowest BCUT2D eigenvalue weighted by atomic mass is 9.98. The fourth-order valence-electron chi connectivity index (χ4n) is 3.71. The topological polar surface area (TPSA) is 58.3 Å². The minimum Gasteiger partial charge on any atom is -0.400 e. The van der Waals surface area contributed by atoms with Crippen molar-refractivity contribution in [3.8, 4) is 0 Å². The number of nitrogens with one attached hydrogen (secondary N) is 1. The van der Waals surface area contributed by atoms with Gasteiger partial charge in [0, 0.05) is 18.4 Å².